The molecule has 0 aromatic heterocycles. The van der Waals surface area contributed by atoms with Crippen LogP contribution in [0.5, 0.6) is 5.75 Å². The van der Waals surface area contributed by atoms with Crippen molar-refractivity contribution in [1.82, 2.24) is 0 Å². The Bertz CT molecular complexity index is 426. The molecule has 0 bridgehead atoms. The fraction of sp³-hybridized carbons (Fsp3) is 0.562. The molecule has 0 aliphatic rings. The van der Waals surface area contributed by atoms with Gasteiger partial charge in [0.2, 0.25) is 0 Å². The van der Waals surface area contributed by atoms with Gasteiger partial charge in [-0.2, -0.15) is 0 Å². The van der Waals surface area contributed by atoms with Gasteiger partial charge >= 0.3 is 5.97 Å². The molecule has 118 valence electrons. The number of hydrogen-bond acceptors (Lipinski definition) is 4. The summed E-state index contributed by atoms with van der Waals surface area (Å²) in [5, 5.41) is 0.792. The Hall–Kier alpha value is -1.07. The number of halogens is 1. The average molecular weight is 359 g/mol. The van der Waals surface area contributed by atoms with Crippen molar-refractivity contribution in [3.63, 3.8) is 0 Å². The first-order valence-electron chi connectivity index (χ1n) is 7.12. The van der Waals surface area contributed by atoms with E-state index in [-0.39, 0.29) is 5.97 Å². The zero-order chi connectivity index (χ0) is 15.7. The topological polar surface area (TPSA) is 44.8 Å². The van der Waals surface area contributed by atoms with Gasteiger partial charge in [0.15, 0.2) is 5.60 Å². The third-order valence-electron chi connectivity index (χ3n) is 3.37. The van der Waals surface area contributed by atoms with Gasteiger partial charge in [-0.3, -0.25) is 0 Å². The Morgan fingerprint density at radius 3 is 2.38 bits per heavy atom. The number of benzene rings is 1. The van der Waals surface area contributed by atoms with Crippen LogP contribution in [0.4, 0.5) is 0 Å². The summed E-state index contributed by atoms with van der Waals surface area (Å²) in [4.78, 5) is 12.2. The van der Waals surface area contributed by atoms with Crippen LogP contribution in [0.25, 0.3) is 0 Å². The van der Waals surface area contributed by atoms with E-state index in [0.717, 1.165) is 16.6 Å². The fourth-order valence-corrected chi connectivity index (χ4v) is 2.26. The molecule has 0 radical (unpaired) electrons. The Morgan fingerprint density at radius 1 is 1.24 bits per heavy atom. The molecule has 0 aliphatic heterocycles. The number of carbonyl (C=O) groups excluding carboxylic acids is 1. The summed E-state index contributed by atoms with van der Waals surface area (Å²) in [5.41, 5.74) is 0.0896. The molecule has 0 saturated heterocycles. The Morgan fingerprint density at radius 2 is 1.90 bits per heavy atom. The highest BCUT2D eigenvalue weighted by Crippen LogP contribution is 2.24. The fourth-order valence-electron chi connectivity index (χ4n) is 2.09. The van der Waals surface area contributed by atoms with Crippen molar-refractivity contribution < 1.29 is 19.0 Å². The lowest BCUT2D eigenvalue weighted by Crippen LogP contribution is -2.43. The molecular formula is C16H23BrO4. The molecule has 0 spiro atoms. The second-order valence-corrected chi connectivity index (χ2v) is 5.42. The van der Waals surface area contributed by atoms with E-state index >= 15 is 0 Å². The third kappa shape index (κ3) is 5.00. The van der Waals surface area contributed by atoms with Crippen LogP contribution in [0.2, 0.25) is 0 Å². The van der Waals surface area contributed by atoms with E-state index in [1.165, 1.54) is 0 Å². The van der Waals surface area contributed by atoms with Crippen LogP contribution < -0.4 is 4.74 Å². The molecule has 5 heteroatoms. The number of rotatable bonds is 9. The molecule has 0 saturated carbocycles. The summed E-state index contributed by atoms with van der Waals surface area (Å²) in [6, 6.07) is 7.71. The van der Waals surface area contributed by atoms with E-state index in [1.807, 2.05) is 31.2 Å². The Labute approximate surface area is 134 Å². The molecule has 21 heavy (non-hydrogen) atoms. The van der Waals surface area contributed by atoms with Crippen LogP contribution in [0.1, 0.15) is 25.8 Å². The lowest BCUT2D eigenvalue weighted by molar-refractivity contribution is -0.169. The van der Waals surface area contributed by atoms with Gasteiger partial charge in [-0.15, -0.1) is 0 Å². The number of esters is 1. The summed E-state index contributed by atoms with van der Waals surface area (Å²) in [5.74, 6) is 0.503. The normalized spacial score (nSPS) is 13.5. The molecular weight excluding hydrogens is 336 g/mol. The maximum Gasteiger partial charge on any atom is 0.338 e. The van der Waals surface area contributed by atoms with Gasteiger partial charge in [0.25, 0.3) is 0 Å². The molecule has 0 N–H and O–H groups in total. The minimum Gasteiger partial charge on any atom is -0.493 e. The van der Waals surface area contributed by atoms with E-state index in [4.69, 9.17) is 14.2 Å². The zero-order valence-electron chi connectivity index (χ0n) is 12.9. The monoisotopic (exact) mass is 358 g/mol. The van der Waals surface area contributed by atoms with Crippen molar-refractivity contribution >= 4 is 21.9 Å². The van der Waals surface area contributed by atoms with Gasteiger partial charge in [-0.05, 0) is 31.0 Å². The summed E-state index contributed by atoms with van der Waals surface area (Å²) < 4.78 is 16.1. The van der Waals surface area contributed by atoms with Crippen molar-refractivity contribution in [3.8, 4) is 5.75 Å². The van der Waals surface area contributed by atoms with E-state index < -0.39 is 5.60 Å². The average Bonchev–Trinajstić information content (AvgIpc) is 2.52. The highest BCUT2D eigenvalue weighted by atomic mass is 79.9. The molecule has 4 nitrogen and oxygen atoms in total. The molecule has 1 aromatic rings. The maximum atomic E-state index is 12.2. The summed E-state index contributed by atoms with van der Waals surface area (Å²) in [6.07, 6.45) is 1.04. The molecule has 1 rings (SSSR count). The molecule has 0 fully saturated rings. The van der Waals surface area contributed by atoms with Gasteiger partial charge in [-0.1, -0.05) is 35.0 Å². The predicted octanol–water partition coefficient (Wildman–Crippen LogP) is 3.36. The van der Waals surface area contributed by atoms with E-state index in [2.05, 4.69) is 15.9 Å². The first kappa shape index (κ1) is 18.0. The van der Waals surface area contributed by atoms with E-state index in [9.17, 15) is 4.79 Å². The van der Waals surface area contributed by atoms with Crippen LogP contribution in [0, 0.1) is 0 Å². The third-order valence-corrected chi connectivity index (χ3v) is 3.69. The summed E-state index contributed by atoms with van der Waals surface area (Å²) in [7, 11) is 1.55. The van der Waals surface area contributed by atoms with Crippen LogP contribution in [-0.2, 0) is 20.7 Å². The smallest absolute Gasteiger partial charge is 0.338 e. The van der Waals surface area contributed by atoms with Crippen LogP contribution >= 0.6 is 15.9 Å². The summed E-state index contributed by atoms with van der Waals surface area (Å²) >= 11 is 3.32. The van der Waals surface area contributed by atoms with E-state index in [0.29, 0.717) is 26.1 Å². The Kier molecular flexibility index (Phi) is 7.75. The minimum atomic E-state index is -0.922. The molecule has 0 heterocycles. The quantitative estimate of drug-likeness (QED) is 0.501. The first-order valence-corrected chi connectivity index (χ1v) is 8.24. The minimum absolute atomic E-state index is 0.311. The lowest BCUT2D eigenvalue weighted by Gasteiger charge is -2.29. The van der Waals surface area contributed by atoms with Crippen molar-refractivity contribution in [2.45, 2.75) is 32.3 Å². The molecule has 1 atom stereocenters. The molecule has 1 aromatic carbocycles. The molecule has 0 unspecified atom stereocenters. The standard InChI is InChI=1S/C16H23BrO4/c1-4-16(19-3,15(18)20-5-2)12-13-6-8-14(9-7-13)21-11-10-17/h6-9H,4-5,10-12H2,1-3H3/t16-/m0/s1. The number of carbonyl (C=O) groups is 1. The molecule has 0 aliphatic carbocycles. The van der Waals surface area contributed by atoms with Crippen LogP contribution in [0.15, 0.2) is 24.3 Å². The number of hydrogen-bond donors (Lipinski definition) is 0. The van der Waals surface area contributed by atoms with Crippen molar-refractivity contribution in [2.24, 2.45) is 0 Å². The van der Waals surface area contributed by atoms with Crippen molar-refractivity contribution in [1.29, 1.82) is 0 Å². The summed E-state index contributed by atoms with van der Waals surface area (Å²) in [6.45, 7) is 4.69. The molecule has 0 amide bonds. The van der Waals surface area contributed by atoms with Gasteiger partial charge in [0.05, 0.1) is 13.2 Å². The lowest BCUT2D eigenvalue weighted by atomic mass is 9.91. The largest absolute Gasteiger partial charge is 0.493 e. The number of ether oxygens (including phenoxy) is 3. The SMILES string of the molecule is CCOC(=O)[C@](CC)(Cc1ccc(OCCBr)cc1)OC. The number of alkyl halides is 1. The van der Waals surface area contributed by atoms with E-state index in [1.54, 1.807) is 14.0 Å². The van der Waals surface area contributed by atoms with Gasteiger partial charge < -0.3 is 14.2 Å². The second kappa shape index (κ2) is 9.05. The number of methoxy groups -OCH3 is 1. The van der Waals surface area contributed by atoms with Gasteiger partial charge in [-0.25, -0.2) is 4.79 Å². The van der Waals surface area contributed by atoms with Crippen LogP contribution in [-0.4, -0.2) is 37.2 Å². The first-order chi connectivity index (χ1) is 10.1. The van der Waals surface area contributed by atoms with Gasteiger partial charge in [0, 0.05) is 18.9 Å². The Balaban J connectivity index is 2.81. The highest BCUT2D eigenvalue weighted by molar-refractivity contribution is 9.09. The van der Waals surface area contributed by atoms with Gasteiger partial charge in [0.1, 0.15) is 5.75 Å². The van der Waals surface area contributed by atoms with Crippen molar-refractivity contribution in [3.05, 3.63) is 29.8 Å². The second-order valence-electron chi connectivity index (χ2n) is 4.63. The van der Waals surface area contributed by atoms with Crippen molar-refractivity contribution in [2.75, 3.05) is 25.7 Å². The maximum absolute atomic E-state index is 12.2. The van der Waals surface area contributed by atoms with Crippen LogP contribution in [0.3, 0.4) is 0 Å². The highest BCUT2D eigenvalue weighted by Gasteiger charge is 2.38. The predicted molar refractivity (Wildman–Crippen MR) is 86.1 cm³/mol. The zero-order valence-corrected chi connectivity index (χ0v) is 14.4.